The van der Waals surface area contributed by atoms with E-state index in [0.717, 1.165) is 27.2 Å². The van der Waals surface area contributed by atoms with Gasteiger partial charge in [0.2, 0.25) is 0 Å². The molecule has 0 saturated carbocycles. The summed E-state index contributed by atoms with van der Waals surface area (Å²) in [6.45, 7) is 0.662. The quantitative estimate of drug-likeness (QED) is 0.942. The molecule has 0 atom stereocenters. The first-order valence-electron chi connectivity index (χ1n) is 5.17. The van der Waals surface area contributed by atoms with E-state index in [0.29, 0.717) is 6.54 Å². The van der Waals surface area contributed by atoms with Crippen LogP contribution < -0.4 is 10.1 Å². The first-order chi connectivity index (χ1) is 8.26. The van der Waals surface area contributed by atoms with Crippen LogP contribution in [0.5, 0.6) is 5.75 Å². The van der Waals surface area contributed by atoms with Gasteiger partial charge in [-0.15, -0.1) is 0 Å². The van der Waals surface area contributed by atoms with Crippen molar-refractivity contribution in [3.63, 3.8) is 0 Å². The van der Waals surface area contributed by atoms with Gasteiger partial charge in [-0.3, -0.25) is 0 Å². The number of rotatable bonds is 4. The molecule has 1 heterocycles. The van der Waals surface area contributed by atoms with Crippen LogP contribution >= 0.6 is 15.9 Å². The van der Waals surface area contributed by atoms with Crippen LogP contribution in [0.25, 0.3) is 11.3 Å². The van der Waals surface area contributed by atoms with E-state index in [-0.39, 0.29) is 0 Å². The Kier molecular flexibility index (Phi) is 3.81. The van der Waals surface area contributed by atoms with Crippen LogP contribution in [-0.4, -0.2) is 19.1 Å². The third-order valence-corrected chi connectivity index (χ3v) is 3.10. The summed E-state index contributed by atoms with van der Waals surface area (Å²) in [6.07, 6.45) is 1.45. The number of oxazole rings is 1. The van der Waals surface area contributed by atoms with Crippen molar-refractivity contribution in [1.29, 1.82) is 0 Å². The van der Waals surface area contributed by atoms with Crippen molar-refractivity contribution >= 4 is 15.9 Å². The number of hydrogen-bond acceptors (Lipinski definition) is 4. The van der Waals surface area contributed by atoms with Gasteiger partial charge in [0.1, 0.15) is 11.4 Å². The zero-order chi connectivity index (χ0) is 12.3. The lowest BCUT2D eigenvalue weighted by Gasteiger charge is -2.06. The highest BCUT2D eigenvalue weighted by atomic mass is 79.9. The highest BCUT2D eigenvalue weighted by Crippen LogP contribution is 2.33. The van der Waals surface area contributed by atoms with Crippen LogP contribution in [0.3, 0.4) is 0 Å². The monoisotopic (exact) mass is 296 g/mol. The summed E-state index contributed by atoms with van der Waals surface area (Å²) in [7, 11) is 3.51. The van der Waals surface area contributed by atoms with Gasteiger partial charge in [0.05, 0.1) is 7.11 Å². The molecule has 1 aromatic heterocycles. The lowest BCUT2D eigenvalue weighted by atomic mass is 10.1. The van der Waals surface area contributed by atoms with Gasteiger partial charge in [-0.2, -0.15) is 0 Å². The fraction of sp³-hybridized carbons (Fsp3) is 0.250. The van der Waals surface area contributed by atoms with E-state index >= 15 is 0 Å². The number of halogens is 1. The van der Waals surface area contributed by atoms with Gasteiger partial charge in [0.25, 0.3) is 0 Å². The molecule has 0 aliphatic carbocycles. The molecule has 1 aromatic carbocycles. The lowest BCUT2D eigenvalue weighted by molar-refractivity contribution is 0.414. The molecule has 0 spiro atoms. The van der Waals surface area contributed by atoms with Crippen LogP contribution in [0.2, 0.25) is 0 Å². The van der Waals surface area contributed by atoms with Crippen molar-refractivity contribution in [2.75, 3.05) is 14.2 Å². The fourth-order valence-corrected chi connectivity index (χ4v) is 2.01. The number of ether oxygens (including phenoxy) is 1. The minimum Gasteiger partial charge on any atom is -0.497 e. The standard InChI is InChI=1S/C12H13BrN2O2/c1-14-6-11-12(17-7-15-11)9-5-8(16-2)3-4-10(9)13/h3-5,7,14H,6H2,1-2H3. The summed E-state index contributed by atoms with van der Waals surface area (Å²) in [4.78, 5) is 4.19. The number of methoxy groups -OCH3 is 1. The van der Waals surface area contributed by atoms with Gasteiger partial charge in [-0.25, -0.2) is 4.98 Å². The van der Waals surface area contributed by atoms with Crippen molar-refractivity contribution in [1.82, 2.24) is 10.3 Å². The molecule has 0 saturated heterocycles. The van der Waals surface area contributed by atoms with Crippen LogP contribution in [0, 0.1) is 0 Å². The second-order valence-electron chi connectivity index (χ2n) is 3.50. The SMILES string of the molecule is CNCc1ncoc1-c1cc(OC)ccc1Br. The summed E-state index contributed by atoms with van der Waals surface area (Å²) in [5.41, 5.74) is 1.81. The van der Waals surface area contributed by atoms with Crippen molar-refractivity contribution in [3.8, 4) is 17.1 Å². The van der Waals surface area contributed by atoms with Gasteiger partial charge in [0.15, 0.2) is 12.2 Å². The molecule has 2 aromatic rings. The maximum Gasteiger partial charge on any atom is 0.181 e. The van der Waals surface area contributed by atoms with Gasteiger partial charge >= 0.3 is 0 Å². The third kappa shape index (κ3) is 2.50. The minimum absolute atomic E-state index is 0.662. The predicted molar refractivity (Wildman–Crippen MR) is 69.0 cm³/mol. The molecule has 5 heteroatoms. The number of benzene rings is 1. The number of hydrogen-bond donors (Lipinski definition) is 1. The highest BCUT2D eigenvalue weighted by molar-refractivity contribution is 9.10. The van der Waals surface area contributed by atoms with Gasteiger partial charge in [-0.05, 0) is 25.2 Å². The van der Waals surface area contributed by atoms with E-state index < -0.39 is 0 Å². The summed E-state index contributed by atoms with van der Waals surface area (Å²) in [6, 6.07) is 5.74. The average molecular weight is 297 g/mol. The molecule has 0 aliphatic rings. The zero-order valence-electron chi connectivity index (χ0n) is 9.66. The van der Waals surface area contributed by atoms with E-state index in [4.69, 9.17) is 9.15 Å². The van der Waals surface area contributed by atoms with Crippen molar-refractivity contribution in [2.45, 2.75) is 6.54 Å². The number of aromatic nitrogens is 1. The summed E-state index contributed by atoms with van der Waals surface area (Å²) in [5.74, 6) is 1.54. The molecule has 2 rings (SSSR count). The molecule has 0 radical (unpaired) electrons. The molecule has 90 valence electrons. The summed E-state index contributed by atoms with van der Waals surface area (Å²) < 4.78 is 11.6. The maximum absolute atomic E-state index is 5.45. The molecule has 0 aliphatic heterocycles. The molecule has 1 N–H and O–H groups in total. The van der Waals surface area contributed by atoms with E-state index in [1.165, 1.54) is 6.39 Å². The Morgan fingerprint density at radius 1 is 1.47 bits per heavy atom. The molecule has 17 heavy (non-hydrogen) atoms. The Balaban J connectivity index is 2.47. The Labute approximate surface area is 108 Å². The van der Waals surface area contributed by atoms with Crippen molar-refractivity contribution in [2.24, 2.45) is 0 Å². The van der Waals surface area contributed by atoms with Gasteiger partial charge in [0, 0.05) is 16.6 Å². The van der Waals surface area contributed by atoms with Crippen LogP contribution in [0.1, 0.15) is 5.69 Å². The molecule has 0 amide bonds. The molecule has 4 nitrogen and oxygen atoms in total. The normalized spacial score (nSPS) is 10.5. The van der Waals surface area contributed by atoms with Crippen molar-refractivity contribution < 1.29 is 9.15 Å². The van der Waals surface area contributed by atoms with Crippen LogP contribution in [-0.2, 0) is 6.54 Å². The topological polar surface area (TPSA) is 47.3 Å². The first-order valence-corrected chi connectivity index (χ1v) is 5.96. The summed E-state index contributed by atoms with van der Waals surface area (Å²) >= 11 is 3.50. The molecule has 0 bridgehead atoms. The van der Waals surface area contributed by atoms with E-state index in [9.17, 15) is 0 Å². The third-order valence-electron chi connectivity index (χ3n) is 2.40. The molecular weight excluding hydrogens is 284 g/mol. The highest BCUT2D eigenvalue weighted by Gasteiger charge is 2.14. The molecular formula is C12H13BrN2O2. The number of nitrogens with zero attached hydrogens (tertiary/aromatic N) is 1. The van der Waals surface area contributed by atoms with Crippen LogP contribution in [0.15, 0.2) is 33.5 Å². The van der Waals surface area contributed by atoms with Gasteiger partial charge in [-0.1, -0.05) is 15.9 Å². The molecule has 0 fully saturated rings. The molecule has 0 unspecified atom stereocenters. The summed E-state index contributed by atoms with van der Waals surface area (Å²) in [5, 5.41) is 3.06. The van der Waals surface area contributed by atoms with E-state index in [1.807, 2.05) is 25.2 Å². The maximum atomic E-state index is 5.45. The minimum atomic E-state index is 0.662. The Morgan fingerprint density at radius 3 is 3.00 bits per heavy atom. The predicted octanol–water partition coefficient (Wildman–Crippen LogP) is 2.83. The first kappa shape index (κ1) is 12.1. The average Bonchev–Trinajstić information content (AvgIpc) is 2.78. The largest absolute Gasteiger partial charge is 0.497 e. The Bertz CT molecular complexity index is 511. The van der Waals surface area contributed by atoms with E-state index in [2.05, 4.69) is 26.2 Å². The second-order valence-corrected chi connectivity index (χ2v) is 4.36. The van der Waals surface area contributed by atoms with Crippen LogP contribution in [0.4, 0.5) is 0 Å². The lowest BCUT2D eigenvalue weighted by Crippen LogP contribution is -2.06. The smallest absolute Gasteiger partial charge is 0.181 e. The second kappa shape index (κ2) is 5.33. The van der Waals surface area contributed by atoms with Gasteiger partial charge < -0.3 is 14.5 Å². The number of nitrogens with one attached hydrogen (secondary N) is 1. The Morgan fingerprint density at radius 2 is 2.29 bits per heavy atom. The van der Waals surface area contributed by atoms with E-state index in [1.54, 1.807) is 7.11 Å². The van der Waals surface area contributed by atoms with Crippen molar-refractivity contribution in [3.05, 3.63) is 34.8 Å². The zero-order valence-corrected chi connectivity index (χ0v) is 11.2. The fourth-order valence-electron chi connectivity index (χ4n) is 1.59. The Hall–Kier alpha value is -1.33.